The van der Waals surface area contributed by atoms with Gasteiger partial charge in [-0.05, 0) is 95.3 Å². The predicted molar refractivity (Wildman–Crippen MR) is 224 cm³/mol. The average Bonchev–Trinajstić information content (AvgIpc) is 3.66. The molecule has 0 saturated heterocycles. The van der Waals surface area contributed by atoms with E-state index in [1.807, 2.05) is 12.2 Å². The van der Waals surface area contributed by atoms with Gasteiger partial charge in [-0.1, -0.05) is 74.3 Å². The summed E-state index contributed by atoms with van der Waals surface area (Å²) in [5.41, 5.74) is 0. The van der Waals surface area contributed by atoms with E-state index in [2.05, 4.69) is 47.1 Å². The Balaban J connectivity index is 1.93. The smallest absolute Gasteiger partial charge is 0.445 e. The van der Waals surface area contributed by atoms with Crippen molar-refractivity contribution in [2.75, 3.05) is 69.0 Å². The Morgan fingerprint density at radius 3 is 1.18 bits per heavy atom. The second-order valence-electron chi connectivity index (χ2n) is 14.0. The summed E-state index contributed by atoms with van der Waals surface area (Å²) in [5, 5.41) is 5.50. The molecule has 2 atom stereocenters. The van der Waals surface area contributed by atoms with E-state index in [-0.39, 0.29) is 13.2 Å². The van der Waals surface area contributed by atoms with Crippen molar-refractivity contribution in [1.29, 1.82) is 0 Å². The molecule has 14 heteroatoms. The Morgan fingerprint density at radius 2 is 0.836 bits per heavy atom. The van der Waals surface area contributed by atoms with Gasteiger partial charge in [0, 0.05) is 67.8 Å². The van der Waals surface area contributed by atoms with E-state index in [0.29, 0.717) is 38.0 Å². The maximum Gasteiger partial charge on any atom is 0.500 e. The van der Waals surface area contributed by atoms with Gasteiger partial charge in [0.1, 0.15) is 13.2 Å². The van der Waals surface area contributed by atoms with Crippen molar-refractivity contribution >= 4 is 29.8 Å². The van der Waals surface area contributed by atoms with Crippen molar-refractivity contribution < 1.29 is 45.6 Å². The summed E-state index contributed by atoms with van der Waals surface area (Å²) in [6.45, 7) is 1.55. The van der Waals surface area contributed by atoms with Crippen LogP contribution in [0.5, 0.6) is 0 Å². The van der Waals surface area contributed by atoms with Crippen molar-refractivity contribution in [2.45, 2.75) is 121 Å². The fourth-order valence-electron chi connectivity index (χ4n) is 6.56. The number of hydrogen-bond acceptors (Lipinski definition) is 10. The molecule has 1 saturated carbocycles. The second kappa shape index (κ2) is 33.8. The molecule has 0 spiro atoms. The minimum Gasteiger partial charge on any atom is -0.445 e. The first-order valence-corrected chi connectivity index (χ1v) is 24.4. The third kappa shape index (κ3) is 25.5. The monoisotopic (exact) mass is 813 g/mol. The summed E-state index contributed by atoms with van der Waals surface area (Å²) in [5.74, 6) is 1.47. The molecule has 2 N–H and O–H groups in total. The van der Waals surface area contributed by atoms with Crippen molar-refractivity contribution in [3.8, 4) is 0 Å². The number of ether oxygens (including phenoxy) is 2. The normalized spacial score (nSPS) is 16.6. The average molecular weight is 813 g/mol. The lowest BCUT2D eigenvalue weighted by Gasteiger charge is -2.24. The Kier molecular flexibility index (Phi) is 31.2. The van der Waals surface area contributed by atoms with Crippen LogP contribution >= 0.6 is 0 Å². The van der Waals surface area contributed by atoms with Crippen LogP contribution in [-0.2, 0) is 36.0 Å². The van der Waals surface area contributed by atoms with Crippen LogP contribution in [0.1, 0.15) is 109 Å². The van der Waals surface area contributed by atoms with Crippen LogP contribution in [-0.4, -0.2) is 98.8 Å². The molecule has 318 valence electrons. The van der Waals surface area contributed by atoms with Gasteiger partial charge in [-0.15, -0.1) is 0 Å². The molecule has 0 aliphatic heterocycles. The van der Waals surface area contributed by atoms with Gasteiger partial charge >= 0.3 is 29.8 Å². The highest BCUT2D eigenvalue weighted by molar-refractivity contribution is 6.60. The molecule has 55 heavy (non-hydrogen) atoms. The predicted octanol–water partition coefficient (Wildman–Crippen LogP) is 9.30. The van der Waals surface area contributed by atoms with Gasteiger partial charge < -0.3 is 46.7 Å². The van der Waals surface area contributed by atoms with E-state index >= 15 is 0 Å². The van der Waals surface area contributed by atoms with Crippen LogP contribution < -0.4 is 10.6 Å². The summed E-state index contributed by atoms with van der Waals surface area (Å²) in [6, 6.07) is 1.26. The van der Waals surface area contributed by atoms with E-state index in [0.717, 1.165) is 37.5 Å². The van der Waals surface area contributed by atoms with Crippen molar-refractivity contribution in [3.63, 3.8) is 0 Å². The molecule has 0 bridgehead atoms. The highest BCUT2D eigenvalue weighted by Crippen LogP contribution is 2.33. The van der Waals surface area contributed by atoms with E-state index in [4.69, 9.17) is 36.0 Å². The number of carbonyl (C=O) groups excluding carboxylic acids is 2. The number of nitrogens with one attached hydrogen (secondary N) is 2. The molecular formula is C41H76N2O10Si2. The molecule has 0 aromatic heterocycles. The number of alkyl carbamates (subject to hydrolysis) is 2. The summed E-state index contributed by atoms with van der Waals surface area (Å²) < 4.78 is 42.7. The summed E-state index contributed by atoms with van der Waals surface area (Å²) in [4.78, 5) is 23.7. The number of allylic oxidation sites excluding steroid dienone is 6. The van der Waals surface area contributed by atoms with E-state index in [1.54, 1.807) is 42.7 Å². The molecule has 1 aliphatic carbocycles. The molecule has 1 fully saturated rings. The Bertz CT molecular complexity index is 985. The van der Waals surface area contributed by atoms with Crippen LogP contribution in [0.15, 0.2) is 48.6 Å². The molecule has 1 aliphatic rings. The summed E-state index contributed by atoms with van der Waals surface area (Å²) in [7, 11) is 4.32. The Morgan fingerprint density at radius 1 is 0.491 bits per heavy atom. The van der Waals surface area contributed by atoms with E-state index < -0.39 is 29.8 Å². The van der Waals surface area contributed by atoms with Gasteiger partial charge in [0.05, 0.1) is 0 Å². The van der Waals surface area contributed by atoms with Crippen LogP contribution in [0, 0.1) is 11.8 Å². The number of carbonyl (C=O) groups is 2. The van der Waals surface area contributed by atoms with Crippen LogP contribution in [0.2, 0.25) is 12.1 Å². The largest absolute Gasteiger partial charge is 0.500 e. The van der Waals surface area contributed by atoms with Crippen LogP contribution in [0.4, 0.5) is 9.59 Å². The third-order valence-corrected chi connectivity index (χ3v) is 15.7. The van der Waals surface area contributed by atoms with Crippen molar-refractivity contribution in [1.82, 2.24) is 10.6 Å². The standard InChI is InChI=1S/C41H76N2O10Si2/c1-46-54(47-2,48-3)35-25-31-42-40(44)52-33-23-19-15-11-7-9-13-17-21-27-38-29-30-39(37-38)28-22-18-14-10-8-12-16-20-24-34-53-41(45)43-32-26-36-55(49-4,50-5)51-6/h19-24,27-28,38-39H,7-18,25-26,29-37H2,1-6H3,(H,42,44)(H,43,45). The SMILES string of the molecule is CO[Si](CCCNC(=O)OCC=CCCCCCCC=CC1CCC(C=CCCCCCCC=CCOC(=O)NCCC[Si](OC)(OC)OC)C1)(OC)OC. The highest BCUT2D eigenvalue weighted by atomic mass is 28.4. The summed E-state index contributed by atoms with van der Waals surface area (Å²) >= 11 is 0. The van der Waals surface area contributed by atoms with Crippen molar-refractivity contribution in [2.24, 2.45) is 11.8 Å². The maximum atomic E-state index is 11.8. The van der Waals surface area contributed by atoms with Gasteiger partial charge in [0.15, 0.2) is 0 Å². The number of unbranched alkanes of at least 4 members (excludes halogenated alkanes) is 10. The zero-order valence-corrected chi connectivity index (χ0v) is 37.1. The van der Waals surface area contributed by atoms with Gasteiger partial charge in [0.2, 0.25) is 0 Å². The second-order valence-corrected chi connectivity index (χ2v) is 20.1. The molecule has 2 amide bonds. The molecule has 0 radical (unpaired) electrons. The Hall–Kier alpha value is -2.31. The topological polar surface area (TPSA) is 132 Å². The lowest BCUT2D eigenvalue weighted by atomic mass is 10.0. The van der Waals surface area contributed by atoms with Crippen LogP contribution in [0.25, 0.3) is 0 Å². The zero-order chi connectivity index (χ0) is 40.3. The minimum absolute atomic E-state index is 0.288. The quantitative estimate of drug-likeness (QED) is 0.0368. The lowest BCUT2D eigenvalue weighted by Crippen LogP contribution is -2.43. The molecule has 0 aromatic carbocycles. The highest BCUT2D eigenvalue weighted by Gasteiger charge is 2.37. The fourth-order valence-corrected chi connectivity index (χ4v) is 10.0. The minimum atomic E-state index is -2.59. The fraction of sp³-hybridized carbons (Fsp3) is 0.756. The Labute approximate surface area is 335 Å². The first-order valence-electron chi connectivity index (χ1n) is 20.6. The first-order chi connectivity index (χ1) is 26.8. The van der Waals surface area contributed by atoms with E-state index in [1.165, 1.54) is 70.6 Å². The number of rotatable bonds is 34. The van der Waals surface area contributed by atoms with Crippen molar-refractivity contribution in [3.05, 3.63) is 48.6 Å². The van der Waals surface area contributed by atoms with Gasteiger partial charge in [-0.25, -0.2) is 9.59 Å². The number of amides is 2. The maximum absolute atomic E-state index is 11.8. The zero-order valence-electron chi connectivity index (χ0n) is 35.1. The van der Waals surface area contributed by atoms with E-state index in [9.17, 15) is 9.59 Å². The number of hydrogen-bond donors (Lipinski definition) is 2. The first kappa shape index (κ1) is 50.7. The third-order valence-electron chi connectivity index (χ3n) is 9.99. The molecule has 12 nitrogen and oxygen atoms in total. The van der Waals surface area contributed by atoms with Gasteiger partial charge in [-0.2, -0.15) is 0 Å². The van der Waals surface area contributed by atoms with Crippen LogP contribution in [0.3, 0.4) is 0 Å². The van der Waals surface area contributed by atoms with Gasteiger partial charge in [-0.3, -0.25) is 0 Å². The molecular weight excluding hydrogens is 737 g/mol. The molecule has 1 rings (SSSR count). The van der Waals surface area contributed by atoms with Gasteiger partial charge in [0.25, 0.3) is 0 Å². The lowest BCUT2D eigenvalue weighted by molar-refractivity contribution is 0.122. The summed E-state index contributed by atoms with van der Waals surface area (Å²) in [6.07, 6.45) is 36.4. The molecule has 0 heterocycles. The molecule has 0 aromatic rings. The molecule has 2 unspecified atom stereocenters.